The molecule has 1 rings (SSSR count). The summed E-state index contributed by atoms with van der Waals surface area (Å²) < 4.78 is 5.40. The lowest BCUT2D eigenvalue weighted by molar-refractivity contribution is -0.0237. The number of rotatable bonds is 6. The lowest BCUT2D eigenvalue weighted by atomic mass is 9.84. The van der Waals surface area contributed by atoms with Crippen molar-refractivity contribution in [2.24, 2.45) is 17.4 Å². The number of nitrogens with zero attached hydrogens (tertiary/aromatic N) is 1. The molecule has 19 heavy (non-hydrogen) atoms. The summed E-state index contributed by atoms with van der Waals surface area (Å²) in [5.74, 6) is 0.417. The van der Waals surface area contributed by atoms with E-state index in [-0.39, 0.29) is 6.04 Å². The first-order valence-electron chi connectivity index (χ1n) is 7.10. The Balaban J connectivity index is 2.92. The molecule has 2 atom stereocenters. The third-order valence-electron chi connectivity index (χ3n) is 3.94. The molecule has 6 heteroatoms. The molecule has 6 nitrogen and oxygen atoms in total. The molecule has 1 aliphatic heterocycles. The summed E-state index contributed by atoms with van der Waals surface area (Å²) >= 11 is 0. The van der Waals surface area contributed by atoms with Crippen LogP contribution in [0.25, 0.3) is 0 Å². The number of morpholine rings is 1. The number of carbonyl (C=O) groups is 1. The van der Waals surface area contributed by atoms with Gasteiger partial charge in [-0.3, -0.25) is 4.90 Å². The number of primary amides is 1. The third kappa shape index (κ3) is 4.33. The molecule has 0 aromatic carbocycles. The van der Waals surface area contributed by atoms with Crippen molar-refractivity contribution in [3.8, 4) is 0 Å². The second-order valence-corrected chi connectivity index (χ2v) is 5.44. The molecule has 2 amide bonds. The zero-order valence-electron chi connectivity index (χ0n) is 12.3. The van der Waals surface area contributed by atoms with Crippen LogP contribution in [0.15, 0.2) is 0 Å². The van der Waals surface area contributed by atoms with Crippen molar-refractivity contribution in [1.82, 2.24) is 10.2 Å². The first kappa shape index (κ1) is 16.2. The van der Waals surface area contributed by atoms with Gasteiger partial charge in [-0.2, -0.15) is 0 Å². The molecule has 1 fully saturated rings. The van der Waals surface area contributed by atoms with Gasteiger partial charge in [0.1, 0.15) is 5.66 Å². The van der Waals surface area contributed by atoms with E-state index in [1.807, 2.05) is 6.92 Å². The van der Waals surface area contributed by atoms with E-state index in [4.69, 9.17) is 16.2 Å². The van der Waals surface area contributed by atoms with Crippen LogP contribution in [0.2, 0.25) is 0 Å². The zero-order valence-corrected chi connectivity index (χ0v) is 12.3. The second kappa shape index (κ2) is 7.07. The predicted octanol–water partition coefficient (Wildman–Crippen LogP) is 0.467. The third-order valence-corrected chi connectivity index (χ3v) is 3.94. The first-order valence-corrected chi connectivity index (χ1v) is 7.10. The number of ether oxygens (including phenoxy) is 1. The normalized spacial score (nSPS) is 21.9. The van der Waals surface area contributed by atoms with Crippen LogP contribution in [0.3, 0.4) is 0 Å². The average Bonchev–Trinajstić information content (AvgIpc) is 2.34. The Morgan fingerprint density at radius 3 is 2.32 bits per heavy atom. The van der Waals surface area contributed by atoms with E-state index in [1.54, 1.807) is 0 Å². The fourth-order valence-corrected chi connectivity index (χ4v) is 3.10. The summed E-state index contributed by atoms with van der Waals surface area (Å²) in [5.41, 5.74) is 10.8. The zero-order chi connectivity index (χ0) is 14.5. The molecule has 1 heterocycles. The van der Waals surface area contributed by atoms with Crippen LogP contribution in [0.1, 0.15) is 33.6 Å². The van der Waals surface area contributed by atoms with Crippen LogP contribution in [0, 0.1) is 5.92 Å². The van der Waals surface area contributed by atoms with Crippen molar-refractivity contribution < 1.29 is 9.53 Å². The quantitative estimate of drug-likeness (QED) is 0.613. The van der Waals surface area contributed by atoms with E-state index < -0.39 is 11.7 Å². The summed E-state index contributed by atoms with van der Waals surface area (Å²) in [4.78, 5) is 13.5. The monoisotopic (exact) mass is 272 g/mol. The Morgan fingerprint density at radius 1 is 1.37 bits per heavy atom. The Bertz CT molecular complexity index is 286. The number of hydrogen-bond donors (Lipinski definition) is 3. The number of hydrogen-bond acceptors (Lipinski definition) is 4. The molecule has 0 bridgehead atoms. The molecule has 0 aromatic heterocycles. The van der Waals surface area contributed by atoms with Gasteiger partial charge in [0.05, 0.1) is 13.2 Å². The van der Waals surface area contributed by atoms with Crippen LogP contribution in [-0.2, 0) is 4.74 Å². The fourth-order valence-electron chi connectivity index (χ4n) is 3.10. The molecule has 0 aliphatic carbocycles. The SMILES string of the molecule is CCC(CC)C(N1CCOCC1)C(C)(N)NC(N)=O. The van der Waals surface area contributed by atoms with Gasteiger partial charge >= 0.3 is 6.03 Å². The van der Waals surface area contributed by atoms with Crippen LogP contribution in [0.4, 0.5) is 4.79 Å². The van der Waals surface area contributed by atoms with Gasteiger partial charge < -0.3 is 21.5 Å². The highest BCUT2D eigenvalue weighted by atomic mass is 16.5. The summed E-state index contributed by atoms with van der Waals surface area (Å²) in [5, 5.41) is 2.70. The van der Waals surface area contributed by atoms with E-state index in [9.17, 15) is 4.79 Å². The molecule has 2 unspecified atom stereocenters. The molecule has 112 valence electrons. The maximum atomic E-state index is 11.2. The van der Waals surface area contributed by atoms with Crippen LogP contribution in [-0.4, -0.2) is 48.9 Å². The average molecular weight is 272 g/mol. The van der Waals surface area contributed by atoms with Gasteiger partial charge in [0.15, 0.2) is 0 Å². The van der Waals surface area contributed by atoms with Gasteiger partial charge in [-0.05, 0) is 12.8 Å². The second-order valence-electron chi connectivity index (χ2n) is 5.44. The molecule has 1 saturated heterocycles. The van der Waals surface area contributed by atoms with Crippen molar-refractivity contribution in [2.75, 3.05) is 26.3 Å². The van der Waals surface area contributed by atoms with Crippen molar-refractivity contribution in [3.63, 3.8) is 0 Å². The Morgan fingerprint density at radius 2 is 1.89 bits per heavy atom. The summed E-state index contributed by atoms with van der Waals surface area (Å²) in [7, 11) is 0. The van der Waals surface area contributed by atoms with E-state index in [0.717, 1.165) is 25.9 Å². The van der Waals surface area contributed by atoms with Gasteiger partial charge in [0, 0.05) is 19.1 Å². The van der Waals surface area contributed by atoms with Crippen molar-refractivity contribution >= 4 is 6.03 Å². The molecule has 0 radical (unpaired) electrons. The molecule has 0 saturated carbocycles. The number of nitrogens with two attached hydrogens (primary N) is 2. The highest BCUT2D eigenvalue weighted by molar-refractivity contribution is 5.72. The predicted molar refractivity (Wildman–Crippen MR) is 75.6 cm³/mol. The Hall–Kier alpha value is -0.850. The number of amides is 2. The van der Waals surface area contributed by atoms with Crippen molar-refractivity contribution in [1.29, 1.82) is 0 Å². The van der Waals surface area contributed by atoms with E-state index in [2.05, 4.69) is 24.1 Å². The molecule has 0 spiro atoms. The minimum atomic E-state index is -0.833. The van der Waals surface area contributed by atoms with E-state index in [1.165, 1.54) is 0 Å². The standard InChI is InChI=1S/C13H28N4O2/c1-4-10(5-2)11(13(3,15)16-12(14)18)17-6-8-19-9-7-17/h10-11H,4-9,15H2,1-3H3,(H3,14,16,18). The molecule has 1 aliphatic rings. The van der Waals surface area contributed by atoms with Gasteiger partial charge in [-0.15, -0.1) is 0 Å². The summed E-state index contributed by atoms with van der Waals surface area (Å²) in [6.45, 7) is 9.26. The maximum absolute atomic E-state index is 11.2. The number of carbonyl (C=O) groups excluding carboxylic acids is 1. The Kier molecular flexibility index (Phi) is 6.03. The highest BCUT2D eigenvalue weighted by Crippen LogP contribution is 2.26. The molecular weight excluding hydrogens is 244 g/mol. The van der Waals surface area contributed by atoms with E-state index >= 15 is 0 Å². The largest absolute Gasteiger partial charge is 0.379 e. The maximum Gasteiger partial charge on any atom is 0.313 e. The fraction of sp³-hybridized carbons (Fsp3) is 0.923. The van der Waals surface area contributed by atoms with Crippen molar-refractivity contribution in [2.45, 2.75) is 45.3 Å². The summed E-state index contributed by atoms with van der Waals surface area (Å²) in [6, 6.07) is -0.506. The van der Waals surface area contributed by atoms with Crippen molar-refractivity contribution in [3.05, 3.63) is 0 Å². The van der Waals surface area contributed by atoms with Gasteiger partial charge in [0.2, 0.25) is 0 Å². The minimum absolute atomic E-state index is 0.0684. The minimum Gasteiger partial charge on any atom is -0.379 e. The molecular formula is C13H28N4O2. The molecule has 0 aromatic rings. The first-order chi connectivity index (χ1) is 8.92. The topological polar surface area (TPSA) is 93.6 Å². The Labute approximate surface area is 115 Å². The smallest absolute Gasteiger partial charge is 0.313 e. The van der Waals surface area contributed by atoms with Crippen LogP contribution in [0.5, 0.6) is 0 Å². The lowest BCUT2D eigenvalue weighted by Gasteiger charge is -2.47. The summed E-state index contributed by atoms with van der Waals surface area (Å²) in [6.07, 6.45) is 2.04. The van der Waals surface area contributed by atoms with Crippen LogP contribution >= 0.6 is 0 Å². The molecule has 5 N–H and O–H groups in total. The van der Waals surface area contributed by atoms with Gasteiger partial charge in [-0.25, -0.2) is 4.79 Å². The number of urea groups is 1. The van der Waals surface area contributed by atoms with Crippen LogP contribution < -0.4 is 16.8 Å². The van der Waals surface area contributed by atoms with Gasteiger partial charge in [0.25, 0.3) is 0 Å². The lowest BCUT2D eigenvalue weighted by Crippen LogP contribution is -2.70. The number of nitrogens with one attached hydrogen (secondary N) is 1. The highest BCUT2D eigenvalue weighted by Gasteiger charge is 2.40. The van der Waals surface area contributed by atoms with E-state index in [0.29, 0.717) is 19.1 Å². The van der Waals surface area contributed by atoms with Gasteiger partial charge in [-0.1, -0.05) is 26.7 Å².